The lowest BCUT2D eigenvalue weighted by Gasteiger charge is -2.10. The molecule has 0 amide bonds. The molecule has 0 spiro atoms. The first-order chi connectivity index (χ1) is 9.74. The third-order valence-electron chi connectivity index (χ3n) is 3.28. The second-order valence-corrected chi connectivity index (χ2v) is 4.68. The van der Waals surface area contributed by atoms with Gasteiger partial charge in [-0.25, -0.2) is 9.97 Å². The highest BCUT2D eigenvalue weighted by Gasteiger charge is 2.07. The number of rotatable bonds is 3. The van der Waals surface area contributed by atoms with Crippen LogP contribution in [0, 0.1) is 6.92 Å². The number of hydrogen-bond acceptors (Lipinski definition) is 4. The number of nitrogens with two attached hydrogens (primary N) is 1. The summed E-state index contributed by atoms with van der Waals surface area (Å²) < 4.78 is 2.08. The van der Waals surface area contributed by atoms with Crippen LogP contribution >= 0.6 is 0 Å². The van der Waals surface area contributed by atoms with Crippen molar-refractivity contribution in [2.24, 2.45) is 0 Å². The molecule has 2 N–H and O–H groups in total. The molecule has 3 aromatic rings. The quantitative estimate of drug-likeness (QED) is 0.788. The van der Waals surface area contributed by atoms with E-state index in [9.17, 15) is 0 Å². The summed E-state index contributed by atoms with van der Waals surface area (Å²) in [7, 11) is 0. The highest BCUT2D eigenvalue weighted by atomic mass is 15.0. The van der Waals surface area contributed by atoms with Crippen molar-refractivity contribution in [3.05, 3.63) is 60.4 Å². The normalized spacial score (nSPS) is 10.7. The zero-order valence-corrected chi connectivity index (χ0v) is 11.2. The van der Waals surface area contributed by atoms with Crippen LogP contribution in [0.25, 0.3) is 11.3 Å². The second kappa shape index (κ2) is 5.13. The third kappa shape index (κ3) is 2.38. The SMILES string of the molecule is Cc1ccncc1Cn1cncc1-c1ccnc(N)c1. The first-order valence-electron chi connectivity index (χ1n) is 6.35. The molecule has 3 aromatic heterocycles. The van der Waals surface area contributed by atoms with Gasteiger partial charge in [-0.2, -0.15) is 0 Å². The van der Waals surface area contributed by atoms with Crippen LogP contribution in [0.5, 0.6) is 0 Å². The van der Waals surface area contributed by atoms with Gasteiger partial charge in [0.2, 0.25) is 0 Å². The number of pyridine rings is 2. The number of nitrogen functional groups attached to an aromatic ring is 1. The van der Waals surface area contributed by atoms with Crippen molar-refractivity contribution >= 4 is 5.82 Å². The maximum Gasteiger partial charge on any atom is 0.123 e. The summed E-state index contributed by atoms with van der Waals surface area (Å²) in [6, 6.07) is 5.79. The van der Waals surface area contributed by atoms with Crippen molar-refractivity contribution in [2.75, 3.05) is 5.73 Å². The molecule has 0 aliphatic carbocycles. The summed E-state index contributed by atoms with van der Waals surface area (Å²) in [6.07, 6.45) is 9.05. The van der Waals surface area contributed by atoms with E-state index in [2.05, 4.69) is 26.4 Å². The minimum Gasteiger partial charge on any atom is -0.384 e. The lowest BCUT2D eigenvalue weighted by Crippen LogP contribution is -2.03. The Morgan fingerprint density at radius 1 is 1.15 bits per heavy atom. The van der Waals surface area contributed by atoms with Crippen molar-refractivity contribution in [3.8, 4) is 11.3 Å². The molecule has 0 bridgehead atoms. The van der Waals surface area contributed by atoms with E-state index >= 15 is 0 Å². The lowest BCUT2D eigenvalue weighted by molar-refractivity contribution is 0.795. The van der Waals surface area contributed by atoms with Crippen LogP contribution in [0.3, 0.4) is 0 Å². The van der Waals surface area contributed by atoms with Crippen LogP contribution < -0.4 is 5.73 Å². The van der Waals surface area contributed by atoms with Gasteiger partial charge < -0.3 is 10.3 Å². The van der Waals surface area contributed by atoms with Crippen LogP contribution in [0.15, 0.2) is 49.3 Å². The van der Waals surface area contributed by atoms with E-state index in [0.29, 0.717) is 5.82 Å². The van der Waals surface area contributed by atoms with E-state index in [4.69, 9.17) is 5.73 Å². The van der Waals surface area contributed by atoms with Crippen molar-refractivity contribution in [1.29, 1.82) is 0 Å². The standard InChI is InChI=1S/C15H15N5/c1-11-2-4-17-7-13(11)9-20-10-18-8-14(20)12-3-5-19-15(16)6-12/h2-8,10H,9H2,1H3,(H2,16,19). The minimum absolute atomic E-state index is 0.507. The maximum atomic E-state index is 5.74. The Morgan fingerprint density at radius 3 is 2.85 bits per heavy atom. The molecule has 0 unspecified atom stereocenters. The summed E-state index contributed by atoms with van der Waals surface area (Å²) in [5, 5.41) is 0. The molecule has 5 nitrogen and oxygen atoms in total. The van der Waals surface area contributed by atoms with Gasteiger partial charge in [0.15, 0.2) is 0 Å². The Hall–Kier alpha value is -2.69. The monoisotopic (exact) mass is 265 g/mol. The van der Waals surface area contributed by atoms with Gasteiger partial charge in [-0.1, -0.05) is 0 Å². The Morgan fingerprint density at radius 2 is 2.05 bits per heavy atom. The Bertz CT molecular complexity index is 732. The average Bonchev–Trinajstić information content (AvgIpc) is 2.90. The van der Waals surface area contributed by atoms with E-state index in [0.717, 1.165) is 17.8 Å². The molecular formula is C15H15N5. The first kappa shape index (κ1) is 12.3. The maximum absolute atomic E-state index is 5.74. The van der Waals surface area contributed by atoms with Gasteiger partial charge in [0.05, 0.1) is 24.8 Å². The predicted octanol–water partition coefficient (Wildman–Crippen LogP) is 2.28. The molecule has 20 heavy (non-hydrogen) atoms. The largest absolute Gasteiger partial charge is 0.384 e. The number of aromatic nitrogens is 4. The predicted molar refractivity (Wildman–Crippen MR) is 77.9 cm³/mol. The molecule has 0 aliphatic rings. The minimum atomic E-state index is 0.507. The molecule has 0 fully saturated rings. The van der Waals surface area contributed by atoms with E-state index in [1.807, 2.05) is 36.9 Å². The van der Waals surface area contributed by atoms with Gasteiger partial charge >= 0.3 is 0 Å². The number of hydrogen-bond donors (Lipinski definition) is 1. The zero-order chi connectivity index (χ0) is 13.9. The average molecular weight is 265 g/mol. The molecule has 0 saturated heterocycles. The van der Waals surface area contributed by atoms with Gasteiger partial charge in [-0.15, -0.1) is 0 Å². The fraction of sp³-hybridized carbons (Fsp3) is 0.133. The number of imidazole rings is 1. The summed E-state index contributed by atoms with van der Waals surface area (Å²) >= 11 is 0. The van der Waals surface area contributed by atoms with Crippen molar-refractivity contribution < 1.29 is 0 Å². The first-order valence-corrected chi connectivity index (χ1v) is 6.35. The van der Waals surface area contributed by atoms with Crippen LogP contribution in [-0.4, -0.2) is 19.5 Å². The van der Waals surface area contributed by atoms with Crippen LogP contribution in [0.4, 0.5) is 5.82 Å². The van der Waals surface area contributed by atoms with Crippen molar-refractivity contribution in [1.82, 2.24) is 19.5 Å². The van der Waals surface area contributed by atoms with E-state index in [-0.39, 0.29) is 0 Å². The number of nitrogens with zero attached hydrogens (tertiary/aromatic N) is 4. The lowest BCUT2D eigenvalue weighted by atomic mass is 10.1. The van der Waals surface area contributed by atoms with E-state index in [1.165, 1.54) is 11.1 Å². The fourth-order valence-electron chi connectivity index (χ4n) is 2.14. The Kier molecular flexibility index (Phi) is 3.16. The molecule has 100 valence electrons. The van der Waals surface area contributed by atoms with Gasteiger partial charge in [-0.3, -0.25) is 4.98 Å². The third-order valence-corrected chi connectivity index (χ3v) is 3.28. The van der Waals surface area contributed by atoms with E-state index < -0.39 is 0 Å². The van der Waals surface area contributed by atoms with E-state index in [1.54, 1.807) is 12.4 Å². The Balaban J connectivity index is 1.97. The summed E-state index contributed by atoms with van der Waals surface area (Å²) in [5.74, 6) is 0.507. The summed E-state index contributed by atoms with van der Waals surface area (Å²) in [4.78, 5) is 12.4. The molecule has 5 heteroatoms. The molecular weight excluding hydrogens is 250 g/mol. The van der Waals surface area contributed by atoms with Crippen molar-refractivity contribution in [2.45, 2.75) is 13.5 Å². The topological polar surface area (TPSA) is 69.6 Å². The molecule has 3 heterocycles. The molecule has 0 saturated carbocycles. The molecule has 0 aliphatic heterocycles. The molecule has 3 rings (SSSR count). The summed E-state index contributed by atoms with van der Waals surface area (Å²) in [5.41, 5.74) is 10.2. The van der Waals surface area contributed by atoms with Crippen molar-refractivity contribution in [3.63, 3.8) is 0 Å². The molecule has 0 radical (unpaired) electrons. The fourth-order valence-corrected chi connectivity index (χ4v) is 2.14. The highest BCUT2D eigenvalue weighted by molar-refractivity contribution is 5.61. The summed E-state index contributed by atoms with van der Waals surface area (Å²) in [6.45, 7) is 2.81. The van der Waals surface area contributed by atoms with Gasteiger partial charge in [-0.05, 0) is 36.2 Å². The van der Waals surface area contributed by atoms with Crippen LogP contribution in [-0.2, 0) is 6.54 Å². The van der Waals surface area contributed by atoms with Gasteiger partial charge in [0.25, 0.3) is 0 Å². The smallest absolute Gasteiger partial charge is 0.123 e. The van der Waals surface area contributed by atoms with Gasteiger partial charge in [0.1, 0.15) is 5.82 Å². The molecule has 0 aromatic carbocycles. The molecule has 0 atom stereocenters. The second-order valence-electron chi connectivity index (χ2n) is 4.68. The highest BCUT2D eigenvalue weighted by Crippen LogP contribution is 2.21. The van der Waals surface area contributed by atoms with Crippen LogP contribution in [0.2, 0.25) is 0 Å². The van der Waals surface area contributed by atoms with Gasteiger partial charge in [0, 0.05) is 24.2 Å². The zero-order valence-electron chi connectivity index (χ0n) is 11.2. The Labute approximate surface area is 117 Å². The number of anilines is 1. The number of aryl methyl sites for hydroxylation is 1. The van der Waals surface area contributed by atoms with Crippen LogP contribution in [0.1, 0.15) is 11.1 Å².